The Morgan fingerprint density at radius 3 is 2.89 bits per heavy atom. The quantitative estimate of drug-likeness (QED) is 0.622. The first-order valence-electron chi connectivity index (χ1n) is 5.92. The lowest BCUT2D eigenvalue weighted by atomic mass is 10.2. The van der Waals surface area contributed by atoms with Gasteiger partial charge in [0.25, 0.3) is 0 Å². The van der Waals surface area contributed by atoms with Crippen molar-refractivity contribution < 1.29 is 13.2 Å². The largest absolute Gasteiger partial charge is 0.358 e. The number of carbonyl (C=O) groups is 1. The van der Waals surface area contributed by atoms with Crippen LogP contribution in [0, 0.1) is 6.92 Å². The average molecular weight is 287 g/mol. The van der Waals surface area contributed by atoms with Gasteiger partial charge in [-0.15, -0.1) is 0 Å². The third kappa shape index (κ3) is 2.48. The Balaban J connectivity index is 2.37. The molecule has 2 rings (SSSR count). The molecule has 19 heavy (non-hydrogen) atoms. The number of nitrogens with zero attached hydrogens (tertiary/aromatic N) is 2. The van der Waals surface area contributed by atoms with E-state index >= 15 is 0 Å². The molecule has 0 saturated carbocycles. The molecule has 1 atom stereocenters. The van der Waals surface area contributed by atoms with Crippen LogP contribution in [0.5, 0.6) is 0 Å². The molecule has 0 radical (unpaired) electrons. The maximum absolute atomic E-state index is 12.6. The van der Waals surface area contributed by atoms with Crippen LogP contribution in [-0.2, 0) is 14.8 Å². The van der Waals surface area contributed by atoms with Gasteiger partial charge in [-0.25, -0.2) is 8.42 Å². The predicted octanol–water partition coefficient (Wildman–Crippen LogP) is -1.57. The molecule has 1 aromatic rings. The summed E-state index contributed by atoms with van der Waals surface area (Å²) in [6, 6.07) is -0.738. The zero-order chi connectivity index (χ0) is 14.0. The second-order valence-electron chi connectivity index (χ2n) is 4.31. The van der Waals surface area contributed by atoms with Crippen LogP contribution < -0.4 is 10.6 Å². The minimum absolute atomic E-state index is 0.114. The fraction of sp³-hybridized carbons (Fsp3) is 0.600. The Morgan fingerprint density at radius 2 is 2.32 bits per heavy atom. The molecule has 0 aliphatic carbocycles. The molecule has 0 spiro atoms. The number of hydrogen-bond acceptors (Lipinski definition) is 5. The lowest BCUT2D eigenvalue weighted by molar-refractivity contribution is -0.124. The topological polar surface area (TPSA) is 107 Å². The molecule has 1 unspecified atom stereocenters. The van der Waals surface area contributed by atoms with Gasteiger partial charge in [-0.05, 0) is 6.92 Å². The number of carbonyl (C=O) groups excluding carboxylic acids is 1. The summed E-state index contributed by atoms with van der Waals surface area (Å²) in [5, 5.41) is 11.8. The summed E-state index contributed by atoms with van der Waals surface area (Å²) in [6.45, 7) is 2.71. The molecule has 0 aromatic carbocycles. The van der Waals surface area contributed by atoms with Crippen LogP contribution in [0.25, 0.3) is 0 Å². The number of hydrogen-bond donors (Lipinski definition) is 3. The normalized spacial score (nSPS) is 21.3. The number of nitrogens with one attached hydrogen (secondary N) is 3. The summed E-state index contributed by atoms with van der Waals surface area (Å²) >= 11 is 0. The minimum atomic E-state index is -3.71. The summed E-state index contributed by atoms with van der Waals surface area (Å²) in [7, 11) is -2.22. The molecule has 106 valence electrons. The van der Waals surface area contributed by atoms with Crippen molar-refractivity contribution in [3.8, 4) is 0 Å². The fourth-order valence-corrected chi connectivity index (χ4v) is 3.80. The van der Waals surface area contributed by atoms with E-state index in [9.17, 15) is 13.2 Å². The SMILES string of the molecule is CNC(=O)C1CNCCN1S(=O)(=O)c1cn[nH]c1C. The number of amides is 1. The van der Waals surface area contributed by atoms with Crippen molar-refractivity contribution in [2.75, 3.05) is 26.7 Å². The van der Waals surface area contributed by atoms with Crippen LogP contribution >= 0.6 is 0 Å². The average Bonchev–Trinajstić information content (AvgIpc) is 2.85. The van der Waals surface area contributed by atoms with Crippen LogP contribution in [-0.4, -0.2) is 61.6 Å². The highest BCUT2D eigenvalue weighted by atomic mass is 32.2. The summed E-state index contributed by atoms with van der Waals surface area (Å²) < 4.78 is 26.3. The second kappa shape index (κ2) is 5.27. The van der Waals surface area contributed by atoms with Crippen molar-refractivity contribution in [2.45, 2.75) is 17.9 Å². The van der Waals surface area contributed by atoms with Gasteiger partial charge in [-0.2, -0.15) is 9.40 Å². The van der Waals surface area contributed by atoms with Gasteiger partial charge in [0.1, 0.15) is 10.9 Å². The monoisotopic (exact) mass is 287 g/mol. The maximum Gasteiger partial charge on any atom is 0.247 e. The second-order valence-corrected chi connectivity index (χ2v) is 6.17. The lowest BCUT2D eigenvalue weighted by Gasteiger charge is -2.33. The van der Waals surface area contributed by atoms with E-state index in [1.165, 1.54) is 17.5 Å². The van der Waals surface area contributed by atoms with E-state index in [1.54, 1.807) is 6.92 Å². The number of H-pyrrole nitrogens is 1. The number of aromatic nitrogens is 2. The third-order valence-corrected chi connectivity index (χ3v) is 5.14. The number of aromatic amines is 1. The van der Waals surface area contributed by atoms with Crippen LogP contribution in [0.4, 0.5) is 0 Å². The van der Waals surface area contributed by atoms with Gasteiger partial charge in [0.2, 0.25) is 15.9 Å². The molecule has 3 N–H and O–H groups in total. The Labute approximate surface area is 111 Å². The minimum Gasteiger partial charge on any atom is -0.358 e. The Kier molecular flexibility index (Phi) is 3.88. The van der Waals surface area contributed by atoms with Crippen molar-refractivity contribution in [2.24, 2.45) is 0 Å². The molecule has 1 aliphatic rings. The van der Waals surface area contributed by atoms with Crippen molar-refractivity contribution in [1.29, 1.82) is 0 Å². The number of aryl methyl sites for hydroxylation is 1. The first-order valence-corrected chi connectivity index (χ1v) is 7.36. The van der Waals surface area contributed by atoms with Gasteiger partial charge in [0, 0.05) is 26.7 Å². The van der Waals surface area contributed by atoms with E-state index < -0.39 is 16.1 Å². The smallest absolute Gasteiger partial charge is 0.247 e. The zero-order valence-corrected chi connectivity index (χ0v) is 11.6. The molecule has 1 amide bonds. The molecule has 0 bridgehead atoms. The van der Waals surface area contributed by atoms with Gasteiger partial charge < -0.3 is 10.6 Å². The van der Waals surface area contributed by atoms with E-state index in [1.807, 2.05) is 0 Å². The summed E-state index contributed by atoms with van der Waals surface area (Å²) in [4.78, 5) is 11.9. The first kappa shape index (κ1) is 14.0. The number of sulfonamides is 1. The first-order chi connectivity index (χ1) is 8.98. The van der Waals surface area contributed by atoms with Crippen LogP contribution in [0.3, 0.4) is 0 Å². The Hall–Kier alpha value is -1.45. The standard InChI is InChI=1S/C10H17N5O3S/c1-7-9(6-13-14-7)19(17,18)15-4-3-12-5-8(15)10(16)11-2/h6,8,12H,3-5H2,1-2H3,(H,11,16)(H,13,14). The highest BCUT2D eigenvalue weighted by Crippen LogP contribution is 2.21. The lowest BCUT2D eigenvalue weighted by Crippen LogP contribution is -2.59. The van der Waals surface area contributed by atoms with E-state index in [0.717, 1.165) is 0 Å². The van der Waals surface area contributed by atoms with E-state index in [-0.39, 0.29) is 17.3 Å². The molecular formula is C10H17N5O3S. The Morgan fingerprint density at radius 1 is 1.58 bits per heavy atom. The third-order valence-electron chi connectivity index (χ3n) is 3.11. The summed E-state index contributed by atoms with van der Waals surface area (Å²) in [6.07, 6.45) is 1.27. The van der Waals surface area contributed by atoms with Crippen LogP contribution in [0.1, 0.15) is 5.69 Å². The highest BCUT2D eigenvalue weighted by Gasteiger charge is 2.38. The molecule has 1 fully saturated rings. The number of likely N-dealkylation sites (N-methyl/N-ethyl adjacent to an activating group) is 1. The van der Waals surface area contributed by atoms with E-state index in [2.05, 4.69) is 20.8 Å². The van der Waals surface area contributed by atoms with Crippen molar-refractivity contribution >= 4 is 15.9 Å². The Bertz CT molecular complexity index is 567. The molecule has 1 aromatic heterocycles. The van der Waals surface area contributed by atoms with Gasteiger partial charge in [0.05, 0.1) is 11.9 Å². The fourth-order valence-electron chi connectivity index (χ4n) is 2.09. The van der Waals surface area contributed by atoms with Crippen LogP contribution in [0.2, 0.25) is 0 Å². The van der Waals surface area contributed by atoms with Gasteiger partial charge in [-0.3, -0.25) is 9.89 Å². The van der Waals surface area contributed by atoms with E-state index in [0.29, 0.717) is 18.8 Å². The highest BCUT2D eigenvalue weighted by molar-refractivity contribution is 7.89. The maximum atomic E-state index is 12.6. The van der Waals surface area contributed by atoms with Gasteiger partial charge in [0.15, 0.2) is 0 Å². The van der Waals surface area contributed by atoms with E-state index in [4.69, 9.17) is 0 Å². The molecule has 8 nitrogen and oxygen atoms in total. The molecule has 9 heteroatoms. The molecule has 2 heterocycles. The van der Waals surface area contributed by atoms with Gasteiger partial charge in [-0.1, -0.05) is 0 Å². The number of piperazine rings is 1. The van der Waals surface area contributed by atoms with Crippen LogP contribution in [0.15, 0.2) is 11.1 Å². The van der Waals surface area contributed by atoms with Crippen molar-refractivity contribution in [3.05, 3.63) is 11.9 Å². The number of rotatable bonds is 3. The van der Waals surface area contributed by atoms with Gasteiger partial charge >= 0.3 is 0 Å². The molecular weight excluding hydrogens is 270 g/mol. The molecule has 1 aliphatic heterocycles. The van der Waals surface area contributed by atoms with Crippen molar-refractivity contribution in [1.82, 2.24) is 25.1 Å². The summed E-state index contributed by atoms with van der Waals surface area (Å²) in [5.74, 6) is -0.322. The summed E-state index contributed by atoms with van der Waals surface area (Å²) in [5.41, 5.74) is 0.467. The predicted molar refractivity (Wildman–Crippen MR) is 67.9 cm³/mol. The molecule has 1 saturated heterocycles. The van der Waals surface area contributed by atoms with Crippen molar-refractivity contribution in [3.63, 3.8) is 0 Å². The zero-order valence-electron chi connectivity index (χ0n) is 10.8.